The summed E-state index contributed by atoms with van der Waals surface area (Å²) in [4.78, 5) is 2.59. The maximum Gasteiger partial charge on any atom is 0.0107 e. The average Bonchev–Trinajstić information content (AvgIpc) is 2.33. The van der Waals surface area contributed by atoms with Crippen molar-refractivity contribution in [2.45, 2.75) is 32.6 Å². The van der Waals surface area contributed by atoms with Gasteiger partial charge >= 0.3 is 0 Å². The minimum Gasteiger partial charge on any atom is -0.315 e. The standard InChI is InChI=1S/C10H22N2/c1-2-3-4-8-12-9-5-6-11-7-10-12/h11H,2-10H2,1H3. The zero-order valence-corrected chi connectivity index (χ0v) is 8.31. The van der Waals surface area contributed by atoms with Crippen LogP contribution in [0.15, 0.2) is 0 Å². The van der Waals surface area contributed by atoms with E-state index in [1.165, 1.54) is 58.4 Å². The van der Waals surface area contributed by atoms with Crippen LogP contribution in [0.5, 0.6) is 0 Å². The second-order valence-electron chi connectivity index (χ2n) is 3.65. The molecule has 0 spiro atoms. The van der Waals surface area contributed by atoms with Crippen LogP contribution >= 0.6 is 0 Å². The first-order chi connectivity index (χ1) is 5.93. The largest absolute Gasteiger partial charge is 0.315 e. The van der Waals surface area contributed by atoms with E-state index in [0.29, 0.717) is 0 Å². The van der Waals surface area contributed by atoms with E-state index in [4.69, 9.17) is 0 Å². The van der Waals surface area contributed by atoms with Gasteiger partial charge in [-0.3, -0.25) is 0 Å². The van der Waals surface area contributed by atoms with Crippen molar-refractivity contribution in [3.63, 3.8) is 0 Å². The molecule has 2 heteroatoms. The highest BCUT2D eigenvalue weighted by Crippen LogP contribution is 2.00. The minimum absolute atomic E-state index is 1.19. The van der Waals surface area contributed by atoms with Gasteiger partial charge in [0, 0.05) is 13.1 Å². The third kappa shape index (κ3) is 4.07. The molecular weight excluding hydrogens is 148 g/mol. The van der Waals surface area contributed by atoms with E-state index in [2.05, 4.69) is 17.1 Å². The van der Waals surface area contributed by atoms with Gasteiger partial charge in [-0.1, -0.05) is 19.8 Å². The molecule has 12 heavy (non-hydrogen) atoms. The Morgan fingerprint density at radius 3 is 2.92 bits per heavy atom. The van der Waals surface area contributed by atoms with Crippen molar-refractivity contribution in [2.24, 2.45) is 0 Å². The number of hydrogen-bond donors (Lipinski definition) is 1. The van der Waals surface area contributed by atoms with Crippen molar-refractivity contribution in [3.8, 4) is 0 Å². The maximum atomic E-state index is 3.43. The highest BCUT2D eigenvalue weighted by Gasteiger charge is 2.06. The molecule has 0 aromatic heterocycles. The molecule has 0 unspecified atom stereocenters. The lowest BCUT2D eigenvalue weighted by Gasteiger charge is -2.18. The maximum absolute atomic E-state index is 3.43. The van der Waals surface area contributed by atoms with Gasteiger partial charge in [-0.2, -0.15) is 0 Å². The molecule has 2 nitrogen and oxygen atoms in total. The molecule has 1 N–H and O–H groups in total. The summed E-state index contributed by atoms with van der Waals surface area (Å²) in [7, 11) is 0. The fourth-order valence-electron chi connectivity index (χ4n) is 1.71. The average molecular weight is 170 g/mol. The zero-order valence-electron chi connectivity index (χ0n) is 8.31. The van der Waals surface area contributed by atoms with Crippen LogP contribution in [0.25, 0.3) is 0 Å². The smallest absolute Gasteiger partial charge is 0.0107 e. The Balaban J connectivity index is 2.04. The Morgan fingerprint density at radius 2 is 2.08 bits per heavy atom. The molecule has 72 valence electrons. The summed E-state index contributed by atoms with van der Waals surface area (Å²) >= 11 is 0. The van der Waals surface area contributed by atoms with E-state index >= 15 is 0 Å². The zero-order chi connectivity index (χ0) is 8.65. The van der Waals surface area contributed by atoms with Crippen LogP contribution in [0.3, 0.4) is 0 Å². The summed E-state index contributed by atoms with van der Waals surface area (Å²) in [6.07, 6.45) is 5.44. The Hall–Kier alpha value is -0.0800. The van der Waals surface area contributed by atoms with Crippen molar-refractivity contribution >= 4 is 0 Å². The summed E-state index contributed by atoms with van der Waals surface area (Å²) in [5.74, 6) is 0. The molecule has 0 amide bonds. The van der Waals surface area contributed by atoms with Crippen molar-refractivity contribution in [1.29, 1.82) is 0 Å². The molecule has 1 rings (SSSR count). The Bertz CT molecular complexity index is 96.0. The molecule has 1 aliphatic rings. The van der Waals surface area contributed by atoms with Gasteiger partial charge in [0.1, 0.15) is 0 Å². The molecule has 0 aliphatic carbocycles. The first-order valence-corrected chi connectivity index (χ1v) is 5.36. The van der Waals surface area contributed by atoms with E-state index < -0.39 is 0 Å². The fourth-order valence-corrected chi connectivity index (χ4v) is 1.71. The van der Waals surface area contributed by atoms with Gasteiger partial charge in [-0.25, -0.2) is 0 Å². The quantitative estimate of drug-likeness (QED) is 0.643. The first-order valence-electron chi connectivity index (χ1n) is 5.36. The van der Waals surface area contributed by atoms with Gasteiger partial charge in [-0.05, 0) is 32.5 Å². The van der Waals surface area contributed by atoms with Gasteiger partial charge < -0.3 is 10.2 Å². The molecule has 1 fully saturated rings. The summed E-state index contributed by atoms with van der Waals surface area (Å²) in [5, 5.41) is 3.43. The summed E-state index contributed by atoms with van der Waals surface area (Å²) in [6.45, 7) is 8.54. The monoisotopic (exact) mass is 170 g/mol. The third-order valence-electron chi connectivity index (χ3n) is 2.51. The summed E-state index contributed by atoms with van der Waals surface area (Å²) in [5.41, 5.74) is 0. The molecule has 1 saturated heterocycles. The van der Waals surface area contributed by atoms with Crippen molar-refractivity contribution < 1.29 is 0 Å². The second-order valence-corrected chi connectivity index (χ2v) is 3.65. The van der Waals surface area contributed by atoms with E-state index in [-0.39, 0.29) is 0 Å². The van der Waals surface area contributed by atoms with Crippen LogP contribution in [-0.4, -0.2) is 37.6 Å². The van der Waals surface area contributed by atoms with Gasteiger partial charge in [-0.15, -0.1) is 0 Å². The summed E-state index contributed by atoms with van der Waals surface area (Å²) < 4.78 is 0. The van der Waals surface area contributed by atoms with Crippen LogP contribution in [0.2, 0.25) is 0 Å². The normalized spacial score (nSPS) is 20.8. The molecule has 0 radical (unpaired) electrons. The molecular formula is C10H22N2. The van der Waals surface area contributed by atoms with E-state index in [0.717, 1.165) is 0 Å². The van der Waals surface area contributed by atoms with Crippen LogP contribution < -0.4 is 5.32 Å². The number of rotatable bonds is 4. The number of unbranched alkanes of at least 4 members (excludes halogenated alkanes) is 2. The molecule has 0 bridgehead atoms. The highest BCUT2D eigenvalue weighted by molar-refractivity contribution is 4.65. The third-order valence-corrected chi connectivity index (χ3v) is 2.51. The SMILES string of the molecule is CCCCCN1CCCNCC1. The highest BCUT2D eigenvalue weighted by atomic mass is 15.1. The molecule has 0 aromatic rings. The Kier molecular flexibility index (Phi) is 5.37. The Morgan fingerprint density at radius 1 is 1.17 bits per heavy atom. The number of nitrogens with one attached hydrogen (secondary N) is 1. The van der Waals surface area contributed by atoms with Crippen LogP contribution in [0.1, 0.15) is 32.6 Å². The lowest BCUT2D eigenvalue weighted by Crippen LogP contribution is -2.28. The number of hydrogen-bond acceptors (Lipinski definition) is 2. The molecule has 1 heterocycles. The molecule has 0 aromatic carbocycles. The minimum atomic E-state index is 1.19. The molecule has 0 saturated carbocycles. The van der Waals surface area contributed by atoms with Crippen molar-refractivity contribution in [3.05, 3.63) is 0 Å². The Labute approximate surface area is 76.3 Å². The molecule has 1 aliphatic heterocycles. The van der Waals surface area contributed by atoms with Crippen LogP contribution in [0, 0.1) is 0 Å². The van der Waals surface area contributed by atoms with E-state index in [9.17, 15) is 0 Å². The summed E-state index contributed by atoms with van der Waals surface area (Å²) in [6, 6.07) is 0. The van der Waals surface area contributed by atoms with Crippen LogP contribution in [-0.2, 0) is 0 Å². The fraction of sp³-hybridized carbons (Fsp3) is 1.00. The van der Waals surface area contributed by atoms with Gasteiger partial charge in [0.2, 0.25) is 0 Å². The topological polar surface area (TPSA) is 15.3 Å². The lowest BCUT2D eigenvalue weighted by atomic mass is 10.2. The second kappa shape index (κ2) is 6.44. The van der Waals surface area contributed by atoms with Crippen LogP contribution in [0.4, 0.5) is 0 Å². The van der Waals surface area contributed by atoms with Crippen molar-refractivity contribution in [1.82, 2.24) is 10.2 Å². The predicted molar refractivity (Wildman–Crippen MR) is 53.5 cm³/mol. The van der Waals surface area contributed by atoms with E-state index in [1.54, 1.807) is 0 Å². The first kappa shape index (κ1) is 10.0. The van der Waals surface area contributed by atoms with Gasteiger partial charge in [0.15, 0.2) is 0 Å². The van der Waals surface area contributed by atoms with Gasteiger partial charge in [0.05, 0.1) is 0 Å². The lowest BCUT2D eigenvalue weighted by molar-refractivity contribution is 0.286. The predicted octanol–water partition coefficient (Wildman–Crippen LogP) is 1.47. The van der Waals surface area contributed by atoms with E-state index in [1.807, 2.05) is 0 Å². The molecule has 0 atom stereocenters. The van der Waals surface area contributed by atoms with Gasteiger partial charge in [0.25, 0.3) is 0 Å². The van der Waals surface area contributed by atoms with Crippen molar-refractivity contribution in [2.75, 3.05) is 32.7 Å². The number of nitrogens with zero attached hydrogens (tertiary/aromatic N) is 1.